The van der Waals surface area contributed by atoms with Gasteiger partial charge in [-0.25, -0.2) is 13.4 Å². The number of hydrogen-bond acceptors (Lipinski definition) is 5. The smallest absolute Gasteiger partial charge is 0.348 e. The number of halogens is 5. The highest BCUT2D eigenvalue weighted by molar-refractivity contribution is 7.92. The molecule has 0 radical (unpaired) electrons. The third-order valence-corrected chi connectivity index (χ3v) is 9.25. The first kappa shape index (κ1) is 23.4. The van der Waals surface area contributed by atoms with E-state index in [1.54, 1.807) is 12.1 Å². The van der Waals surface area contributed by atoms with E-state index >= 15 is 0 Å². The van der Waals surface area contributed by atoms with Crippen LogP contribution in [0.5, 0.6) is 0 Å². The van der Waals surface area contributed by atoms with Gasteiger partial charge in [0.05, 0.1) is 31.4 Å². The highest BCUT2D eigenvalue weighted by Crippen LogP contribution is 2.35. The summed E-state index contributed by atoms with van der Waals surface area (Å²) in [6.45, 7) is 0.883. The van der Waals surface area contributed by atoms with Crippen LogP contribution in [0, 0.1) is 0 Å². The number of rotatable bonds is 4. The molecule has 11 heteroatoms. The molecule has 0 amide bonds. The lowest BCUT2D eigenvalue weighted by atomic mass is 10.1. The molecule has 0 atom stereocenters. The fourth-order valence-electron chi connectivity index (χ4n) is 3.60. The lowest BCUT2D eigenvalue weighted by Crippen LogP contribution is -2.39. The molecule has 1 fully saturated rings. The lowest BCUT2D eigenvalue weighted by Gasteiger charge is -2.31. The number of piperidine rings is 1. The average molecular weight is 521 g/mol. The molecular formula is C21H17Cl2F3N2O2S2. The first-order valence-corrected chi connectivity index (χ1v) is 12.8. The molecule has 32 heavy (non-hydrogen) atoms. The fraction of sp³-hybridized carbons (Fsp3) is 0.286. The van der Waals surface area contributed by atoms with Crippen molar-refractivity contribution in [1.29, 1.82) is 0 Å². The van der Waals surface area contributed by atoms with E-state index in [9.17, 15) is 21.6 Å². The number of alkyl halides is 3. The van der Waals surface area contributed by atoms with Gasteiger partial charge in [-0.3, -0.25) is 0 Å². The summed E-state index contributed by atoms with van der Waals surface area (Å²) in [5, 5.41) is 2.78. The van der Waals surface area contributed by atoms with Gasteiger partial charge in [-0.2, -0.15) is 13.2 Å². The second-order valence-electron chi connectivity index (χ2n) is 7.40. The van der Waals surface area contributed by atoms with Crippen LogP contribution in [0.4, 0.5) is 18.3 Å². The van der Waals surface area contributed by atoms with Gasteiger partial charge in [-0.1, -0.05) is 35.3 Å². The van der Waals surface area contributed by atoms with Crippen molar-refractivity contribution >= 4 is 49.5 Å². The van der Waals surface area contributed by atoms with E-state index in [0.717, 1.165) is 28.5 Å². The van der Waals surface area contributed by atoms with Crippen LogP contribution in [0.1, 0.15) is 18.4 Å². The lowest BCUT2D eigenvalue weighted by molar-refractivity contribution is -0.137. The van der Waals surface area contributed by atoms with Gasteiger partial charge in [0.25, 0.3) is 0 Å². The second kappa shape index (κ2) is 8.85. The maximum Gasteiger partial charge on any atom is 0.416 e. The summed E-state index contributed by atoms with van der Waals surface area (Å²) >= 11 is 13.5. The van der Waals surface area contributed by atoms with Crippen LogP contribution in [0.25, 0.3) is 11.3 Å². The molecule has 0 unspecified atom stereocenters. The molecule has 0 bridgehead atoms. The van der Waals surface area contributed by atoms with Crippen LogP contribution in [0.15, 0.2) is 52.7 Å². The largest absolute Gasteiger partial charge is 0.416 e. The van der Waals surface area contributed by atoms with Gasteiger partial charge in [-0.15, -0.1) is 11.3 Å². The predicted molar refractivity (Wildman–Crippen MR) is 121 cm³/mol. The maximum atomic E-state index is 13.0. The van der Waals surface area contributed by atoms with Crippen LogP contribution >= 0.6 is 34.5 Å². The summed E-state index contributed by atoms with van der Waals surface area (Å²) in [7, 11) is -3.87. The zero-order valence-corrected chi connectivity index (χ0v) is 19.6. The van der Waals surface area contributed by atoms with Crippen molar-refractivity contribution in [3.8, 4) is 11.3 Å². The minimum Gasteiger partial charge on any atom is -0.348 e. The quantitative estimate of drug-likeness (QED) is 0.389. The third kappa shape index (κ3) is 4.76. The van der Waals surface area contributed by atoms with Crippen LogP contribution in [0.2, 0.25) is 10.0 Å². The molecule has 1 aromatic heterocycles. The monoisotopic (exact) mass is 520 g/mol. The van der Waals surface area contributed by atoms with E-state index in [1.165, 1.54) is 17.4 Å². The number of anilines is 1. The van der Waals surface area contributed by atoms with Crippen LogP contribution in [-0.4, -0.2) is 31.7 Å². The molecule has 1 aliphatic rings. The number of sulfone groups is 1. The van der Waals surface area contributed by atoms with E-state index in [2.05, 4.69) is 4.98 Å². The summed E-state index contributed by atoms with van der Waals surface area (Å²) in [6, 6.07) is 9.19. The van der Waals surface area contributed by atoms with E-state index in [0.29, 0.717) is 42.0 Å². The molecule has 4 nitrogen and oxygen atoms in total. The molecule has 0 aliphatic carbocycles. The molecule has 1 aliphatic heterocycles. The van der Waals surface area contributed by atoms with Crippen molar-refractivity contribution in [1.82, 2.24) is 4.98 Å². The molecular weight excluding hydrogens is 504 g/mol. The van der Waals surface area contributed by atoms with Crippen molar-refractivity contribution in [2.24, 2.45) is 0 Å². The van der Waals surface area contributed by atoms with Crippen molar-refractivity contribution in [2.75, 3.05) is 18.0 Å². The Hall–Kier alpha value is -1.81. The topological polar surface area (TPSA) is 50.3 Å². The number of aromatic nitrogens is 1. The van der Waals surface area contributed by atoms with Crippen molar-refractivity contribution in [2.45, 2.75) is 29.2 Å². The SMILES string of the molecule is O=S(=O)(c1cccc(C(F)(F)F)c1)C1CCN(c2nc(-c3ccc(Cl)c(Cl)c3)cs2)CC1. The zero-order valence-electron chi connectivity index (χ0n) is 16.4. The Morgan fingerprint density at radius 1 is 1.03 bits per heavy atom. The zero-order chi connectivity index (χ0) is 23.1. The summed E-state index contributed by atoms with van der Waals surface area (Å²) in [6.07, 6.45) is -3.98. The number of benzene rings is 2. The van der Waals surface area contributed by atoms with Crippen molar-refractivity contribution < 1.29 is 21.6 Å². The minimum absolute atomic E-state index is 0.290. The van der Waals surface area contributed by atoms with Crippen molar-refractivity contribution in [3.05, 3.63) is 63.5 Å². The van der Waals surface area contributed by atoms with Gasteiger partial charge in [0.2, 0.25) is 0 Å². The van der Waals surface area contributed by atoms with Gasteiger partial charge in [-0.05, 0) is 43.2 Å². The van der Waals surface area contributed by atoms with Gasteiger partial charge < -0.3 is 4.90 Å². The minimum atomic E-state index is -4.59. The molecule has 1 saturated heterocycles. The number of thiazole rings is 1. The van der Waals surface area contributed by atoms with Crippen molar-refractivity contribution in [3.63, 3.8) is 0 Å². The Kier molecular flexibility index (Phi) is 6.46. The molecule has 170 valence electrons. The molecule has 2 aromatic carbocycles. The Bertz CT molecular complexity index is 1240. The summed E-state index contributed by atoms with van der Waals surface area (Å²) < 4.78 is 64.8. The standard InChI is InChI=1S/C21H17Cl2F3N2O2S2/c22-17-5-4-13(10-18(17)23)19-12-31-20(27-19)28-8-6-15(7-9-28)32(29,30)16-3-1-2-14(11-16)21(24,25)26/h1-5,10-12,15H,6-9H2. The summed E-state index contributed by atoms with van der Waals surface area (Å²) in [5.74, 6) is 0. The summed E-state index contributed by atoms with van der Waals surface area (Å²) in [4.78, 5) is 6.33. The maximum absolute atomic E-state index is 13.0. The highest BCUT2D eigenvalue weighted by atomic mass is 35.5. The van der Waals surface area contributed by atoms with Crippen LogP contribution in [-0.2, 0) is 16.0 Å². The van der Waals surface area contributed by atoms with Gasteiger partial charge in [0.15, 0.2) is 15.0 Å². The van der Waals surface area contributed by atoms with E-state index in [1.807, 2.05) is 16.3 Å². The first-order chi connectivity index (χ1) is 15.1. The van der Waals surface area contributed by atoms with Gasteiger partial charge in [0, 0.05) is 24.0 Å². The van der Waals surface area contributed by atoms with E-state index in [4.69, 9.17) is 23.2 Å². The molecule has 0 N–H and O–H groups in total. The first-order valence-electron chi connectivity index (χ1n) is 9.63. The second-order valence-corrected chi connectivity index (χ2v) is 11.3. The van der Waals surface area contributed by atoms with Crippen LogP contribution in [0.3, 0.4) is 0 Å². The Morgan fingerprint density at radius 2 is 1.75 bits per heavy atom. The van der Waals surface area contributed by atoms with Gasteiger partial charge in [0.1, 0.15) is 0 Å². The Balaban J connectivity index is 1.46. The normalized spacial score (nSPS) is 15.8. The van der Waals surface area contributed by atoms with E-state index in [-0.39, 0.29) is 4.90 Å². The predicted octanol–water partition coefficient (Wildman–Crippen LogP) is 6.58. The molecule has 4 rings (SSSR count). The van der Waals surface area contributed by atoms with Gasteiger partial charge >= 0.3 is 6.18 Å². The molecule has 3 aromatic rings. The summed E-state index contributed by atoms with van der Waals surface area (Å²) in [5.41, 5.74) is 0.597. The van der Waals surface area contributed by atoms with Crippen LogP contribution < -0.4 is 4.90 Å². The Labute approximate surface area is 197 Å². The fourth-order valence-corrected chi connectivity index (χ4v) is 6.56. The molecule has 2 heterocycles. The third-order valence-electron chi connectivity index (χ3n) is 5.35. The average Bonchev–Trinajstić information content (AvgIpc) is 3.25. The number of nitrogens with zero attached hydrogens (tertiary/aromatic N) is 2. The number of hydrogen-bond donors (Lipinski definition) is 0. The highest BCUT2D eigenvalue weighted by Gasteiger charge is 2.35. The Morgan fingerprint density at radius 3 is 2.41 bits per heavy atom. The molecule has 0 saturated carbocycles. The molecule has 0 spiro atoms. The van der Waals surface area contributed by atoms with E-state index < -0.39 is 26.8 Å².